The van der Waals surface area contributed by atoms with Crippen LogP contribution < -0.4 is 4.74 Å². The first-order chi connectivity index (χ1) is 11.1. The van der Waals surface area contributed by atoms with E-state index < -0.39 is 5.97 Å². The van der Waals surface area contributed by atoms with Gasteiger partial charge in [-0.2, -0.15) is 0 Å². The summed E-state index contributed by atoms with van der Waals surface area (Å²) in [6.07, 6.45) is 0. The van der Waals surface area contributed by atoms with Crippen LogP contribution in [0.25, 0.3) is 11.1 Å². The van der Waals surface area contributed by atoms with Crippen LogP contribution in [0.5, 0.6) is 5.06 Å². The van der Waals surface area contributed by atoms with Gasteiger partial charge in [-0.15, -0.1) is 11.3 Å². The molecule has 0 aliphatic rings. The second-order valence-corrected chi connectivity index (χ2v) is 6.44. The fourth-order valence-corrected chi connectivity index (χ4v) is 3.22. The Hall–Kier alpha value is -2.59. The number of benzene rings is 2. The Bertz CT molecular complexity index is 822. The monoisotopic (exact) mass is 324 g/mol. The molecule has 1 N–H and O–H groups in total. The third kappa shape index (κ3) is 3.60. The third-order valence-corrected chi connectivity index (χ3v) is 4.42. The predicted molar refractivity (Wildman–Crippen MR) is 92.2 cm³/mol. The minimum Gasteiger partial charge on any atom is -0.479 e. The molecule has 1 aromatic heterocycles. The Morgan fingerprint density at radius 1 is 1.09 bits per heavy atom. The van der Waals surface area contributed by atoms with Crippen LogP contribution in [-0.2, 0) is 6.61 Å². The fraction of sp³-hybridized carbons (Fsp3) is 0.105. The molecule has 116 valence electrons. The molecular formula is C19H16O3S. The summed E-state index contributed by atoms with van der Waals surface area (Å²) in [5.74, 6) is -0.925. The van der Waals surface area contributed by atoms with Crippen molar-refractivity contribution in [2.45, 2.75) is 13.5 Å². The van der Waals surface area contributed by atoms with Crippen LogP contribution in [0.1, 0.15) is 20.8 Å². The standard InChI is InChI=1S/C19H16O3S/c1-13-10-17(15-8-5-9-16(11-15)18(20)21)19(23-13)22-12-14-6-3-2-4-7-14/h2-11H,12H2,1H3,(H,20,21). The highest BCUT2D eigenvalue weighted by Crippen LogP contribution is 2.38. The van der Waals surface area contributed by atoms with Crippen LogP contribution in [0.3, 0.4) is 0 Å². The molecule has 0 radical (unpaired) electrons. The molecular weight excluding hydrogens is 308 g/mol. The molecule has 0 aliphatic heterocycles. The minimum absolute atomic E-state index is 0.278. The molecule has 0 aliphatic carbocycles. The summed E-state index contributed by atoms with van der Waals surface area (Å²) < 4.78 is 5.97. The van der Waals surface area contributed by atoms with Crippen LogP contribution in [0.15, 0.2) is 60.7 Å². The maximum absolute atomic E-state index is 11.2. The van der Waals surface area contributed by atoms with Gasteiger partial charge in [-0.3, -0.25) is 0 Å². The number of rotatable bonds is 5. The normalized spacial score (nSPS) is 10.5. The van der Waals surface area contributed by atoms with E-state index in [1.165, 1.54) is 0 Å². The van der Waals surface area contributed by atoms with E-state index in [1.807, 2.05) is 49.4 Å². The smallest absolute Gasteiger partial charge is 0.335 e. The van der Waals surface area contributed by atoms with Gasteiger partial charge < -0.3 is 9.84 Å². The number of carboxylic acid groups (broad SMARTS) is 1. The zero-order chi connectivity index (χ0) is 16.2. The summed E-state index contributed by atoms with van der Waals surface area (Å²) in [6.45, 7) is 2.51. The second kappa shape index (κ2) is 6.67. The first-order valence-electron chi connectivity index (χ1n) is 7.24. The number of thiophene rings is 1. The van der Waals surface area contributed by atoms with Gasteiger partial charge in [0.15, 0.2) is 5.06 Å². The average Bonchev–Trinajstić information content (AvgIpc) is 2.95. The zero-order valence-corrected chi connectivity index (χ0v) is 13.5. The third-order valence-electron chi connectivity index (χ3n) is 3.45. The van der Waals surface area contributed by atoms with E-state index >= 15 is 0 Å². The quantitative estimate of drug-likeness (QED) is 0.718. The Morgan fingerprint density at radius 3 is 2.61 bits per heavy atom. The van der Waals surface area contributed by atoms with Gasteiger partial charge in [0.2, 0.25) is 0 Å². The molecule has 0 amide bonds. The van der Waals surface area contributed by atoms with Crippen LogP contribution in [0, 0.1) is 6.92 Å². The molecule has 3 aromatic rings. The van der Waals surface area contributed by atoms with Crippen LogP contribution in [0.2, 0.25) is 0 Å². The van der Waals surface area contributed by atoms with Crippen molar-refractivity contribution in [3.63, 3.8) is 0 Å². The van der Waals surface area contributed by atoms with Crippen LogP contribution in [-0.4, -0.2) is 11.1 Å². The van der Waals surface area contributed by atoms with Crippen molar-refractivity contribution in [1.29, 1.82) is 0 Å². The first-order valence-corrected chi connectivity index (χ1v) is 8.06. The van der Waals surface area contributed by atoms with Gasteiger partial charge in [-0.05, 0) is 36.2 Å². The van der Waals surface area contributed by atoms with Gasteiger partial charge in [-0.25, -0.2) is 4.79 Å². The van der Waals surface area contributed by atoms with Gasteiger partial charge in [0.1, 0.15) is 6.61 Å². The molecule has 4 heteroatoms. The number of carboxylic acids is 1. The highest BCUT2D eigenvalue weighted by molar-refractivity contribution is 7.14. The summed E-state index contributed by atoms with van der Waals surface area (Å²) >= 11 is 1.57. The fourth-order valence-electron chi connectivity index (χ4n) is 2.34. The predicted octanol–water partition coefficient (Wildman–Crippen LogP) is 5.00. The molecule has 0 atom stereocenters. The molecule has 0 bridgehead atoms. The summed E-state index contributed by atoms with van der Waals surface area (Å²) in [6, 6.07) is 18.9. The number of aromatic carboxylic acids is 1. The molecule has 0 spiro atoms. The highest BCUT2D eigenvalue weighted by atomic mass is 32.1. The van der Waals surface area contributed by atoms with Crippen LogP contribution >= 0.6 is 11.3 Å². The van der Waals surface area contributed by atoms with E-state index in [1.54, 1.807) is 29.5 Å². The average molecular weight is 324 g/mol. The lowest BCUT2D eigenvalue weighted by atomic mass is 10.1. The van der Waals surface area contributed by atoms with Crippen molar-refractivity contribution in [2.24, 2.45) is 0 Å². The molecule has 2 aromatic carbocycles. The number of aryl methyl sites for hydroxylation is 1. The van der Waals surface area contributed by atoms with Gasteiger partial charge in [-0.1, -0.05) is 42.5 Å². The van der Waals surface area contributed by atoms with Crippen molar-refractivity contribution in [1.82, 2.24) is 0 Å². The summed E-state index contributed by atoms with van der Waals surface area (Å²) in [5.41, 5.74) is 3.17. The molecule has 23 heavy (non-hydrogen) atoms. The van der Waals surface area contributed by atoms with Crippen molar-refractivity contribution < 1.29 is 14.6 Å². The van der Waals surface area contributed by atoms with Gasteiger partial charge in [0.25, 0.3) is 0 Å². The summed E-state index contributed by atoms with van der Waals surface area (Å²) in [4.78, 5) is 12.3. The van der Waals surface area contributed by atoms with Crippen molar-refractivity contribution in [3.05, 3.63) is 76.7 Å². The molecule has 1 heterocycles. The lowest BCUT2D eigenvalue weighted by Crippen LogP contribution is -1.97. The number of hydrogen-bond donors (Lipinski definition) is 1. The molecule has 3 rings (SSSR count). The Kier molecular flexibility index (Phi) is 4.44. The molecule has 3 nitrogen and oxygen atoms in total. The van der Waals surface area contributed by atoms with E-state index in [4.69, 9.17) is 9.84 Å². The van der Waals surface area contributed by atoms with E-state index in [2.05, 4.69) is 0 Å². The number of ether oxygens (including phenoxy) is 1. The van der Waals surface area contributed by atoms with Gasteiger partial charge >= 0.3 is 5.97 Å². The van der Waals surface area contributed by atoms with Crippen molar-refractivity contribution in [3.8, 4) is 16.2 Å². The molecule has 0 saturated carbocycles. The van der Waals surface area contributed by atoms with E-state index in [0.29, 0.717) is 6.61 Å². The minimum atomic E-state index is -0.925. The van der Waals surface area contributed by atoms with E-state index in [0.717, 1.165) is 26.6 Å². The van der Waals surface area contributed by atoms with Crippen molar-refractivity contribution in [2.75, 3.05) is 0 Å². The summed E-state index contributed by atoms with van der Waals surface area (Å²) in [5, 5.41) is 9.97. The topological polar surface area (TPSA) is 46.5 Å². The number of hydrogen-bond acceptors (Lipinski definition) is 3. The lowest BCUT2D eigenvalue weighted by molar-refractivity contribution is 0.0697. The maximum atomic E-state index is 11.2. The Morgan fingerprint density at radius 2 is 1.87 bits per heavy atom. The summed E-state index contributed by atoms with van der Waals surface area (Å²) in [7, 11) is 0. The molecule has 0 saturated heterocycles. The SMILES string of the molecule is Cc1cc(-c2cccc(C(=O)O)c2)c(OCc2ccccc2)s1. The van der Waals surface area contributed by atoms with Crippen molar-refractivity contribution >= 4 is 17.3 Å². The van der Waals surface area contributed by atoms with Gasteiger partial charge in [0.05, 0.1) is 5.56 Å². The first kappa shape index (κ1) is 15.3. The Balaban J connectivity index is 1.88. The van der Waals surface area contributed by atoms with E-state index in [-0.39, 0.29) is 5.56 Å². The van der Waals surface area contributed by atoms with Crippen LogP contribution in [0.4, 0.5) is 0 Å². The highest BCUT2D eigenvalue weighted by Gasteiger charge is 2.13. The lowest BCUT2D eigenvalue weighted by Gasteiger charge is -2.08. The zero-order valence-electron chi connectivity index (χ0n) is 12.7. The molecule has 0 unspecified atom stereocenters. The second-order valence-electron chi connectivity index (χ2n) is 5.22. The maximum Gasteiger partial charge on any atom is 0.335 e. The van der Waals surface area contributed by atoms with Gasteiger partial charge in [0, 0.05) is 10.4 Å². The molecule has 0 fully saturated rings. The van der Waals surface area contributed by atoms with E-state index in [9.17, 15) is 4.79 Å². The largest absolute Gasteiger partial charge is 0.479 e. The Labute approximate surface area is 138 Å². The number of carbonyl (C=O) groups is 1.